The van der Waals surface area contributed by atoms with Gasteiger partial charge in [-0.1, -0.05) is 29.9 Å². The molecule has 0 aromatic heterocycles. The average molecular weight is 164 g/mol. The van der Waals surface area contributed by atoms with Gasteiger partial charge in [-0.15, -0.1) is 6.58 Å². The van der Waals surface area contributed by atoms with Crippen LogP contribution in [0.4, 0.5) is 0 Å². The Balaban J connectivity index is 4.04. The van der Waals surface area contributed by atoms with Crippen LogP contribution < -0.4 is 0 Å². The monoisotopic (exact) mass is 164 g/mol. The van der Waals surface area contributed by atoms with Crippen LogP contribution in [-0.2, 0) is 0 Å². The van der Waals surface area contributed by atoms with Crippen LogP contribution >= 0.6 is 0 Å². The molecule has 0 bridgehead atoms. The van der Waals surface area contributed by atoms with Crippen molar-refractivity contribution in [3.05, 3.63) is 36.5 Å². The van der Waals surface area contributed by atoms with Gasteiger partial charge in [-0.05, 0) is 39.5 Å². The summed E-state index contributed by atoms with van der Waals surface area (Å²) in [6.07, 6.45) is 6.38. The Morgan fingerprint density at radius 3 is 2.17 bits per heavy atom. The second-order valence-electron chi connectivity index (χ2n) is 3.58. The molecule has 0 aromatic carbocycles. The van der Waals surface area contributed by atoms with Crippen molar-refractivity contribution in [2.45, 2.75) is 33.6 Å². The van der Waals surface area contributed by atoms with Crippen LogP contribution in [0.5, 0.6) is 0 Å². The highest BCUT2D eigenvalue weighted by Crippen LogP contribution is 2.18. The zero-order valence-corrected chi connectivity index (χ0v) is 8.56. The SMILES string of the molecule is C=CCC(CC=C(C)C)C(=C)C. The predicted octanol–water partition coefficient (Wildman–Crippen LogP) is 4.11. The van der Waals surface area contributed by atoms with Crippen molar-refractivity contribution >= 4 is 0 Å². The molecule has 0 radical (unpaired) electrons. The molecule has 0 saturated carbocycles. The first-order valence-electron chi connectivity index (χ1n) is 4.47. The quantitative estimate of drug-likeness (QED) is 0.536. The number of rotatable bonds is 5. The first kappa shape index (κ1) is 11.2. The number of hydrogen-bond donors (Lipinski definition) is 0. The molecule has 0 N–H and O–H groups in total. The van der Waals surface area contributed by atoms with E-state index in [1.807, 2.05) is 6.08 Å². The molecule has 0 saturated heterocycles. The molecule has 0 fully saturated rings. The molecule has 12 heavy (non-hydrogen) atoms. The molecule has 0 aliphatic heterocycles. The van der Waals surface area contributed by atoms with Crippen LogP contribution in [-0.4, -0.2) is 0 Å². The summed E-state index contributed by atoms with van der Waals surface area (Å²) in [5, 5.41) is 0. The second kappa shape index (κ2) is 5.82. The highest BCUT2D eigenvalue weighted by atomic mass is 14.1. The molecule has 0 aromatic rings. The minimum absolute atomic E-state index is 0.581. The molecule has 0 nitrogen and oxygen atoms in total. The molecule has 0 heterocycles. The maximum absolute atomic E-state index is 3.97. The topological polar surface area (TPSA) is 0 Å². The Kier molecular flexibility index (Phi) is 5.44. The smallest absolute Gasteiger partial charge is 0.0140 e. The zero-order chi connectivity index (χ0) is 9.56. The van der Waals surface area contributed by atoms with Gasteiger partial charge in [0.1, 0.15) is 0 Å². The van der Waals surface area contributed by atoms with Crippen molar-refractivity contribution < 1.29 is 0 Å². The van der Waals surface area contributed by atoms with Crippen LogP contribution in [0, 0.1) is 5.92 Å². The Labute approximate surface area is 76.7 Å². The molecular formula is C12H20. The molecule has 0 rings (SSSR count). The lowest BCUT2D eigenvalue weighted by Gasteiger charge is -2.12. The summed E-state index contributed by atoms with van der Waals surface area (Å²) in [6, 6.07) is 0. The van der Waals surface area contributed by atoms with Crippen molar-refractivity contribution in [3.8, 4) is 0 Å². The molecule has 0 aliphatic carbocycles. The van der Waals surface area contributed by atoms with E-state index in [1.54, 1.807) is 0 Å². The lowest BCUT2D eigenvalue weighted by molar-refractivity contribution is 0.634. The molecule has 0 heteroatoms. The Morgan fingerprint density at radius 1 is 1.25 bits per heavy atom. The highest BCUT2D eigenvalue weighted by Gasteiger charge is 2.04. The summed E-state index contributed by atoms with van der Waals surface area (Å²) >= 11 is 0. The minimum Gasteiger partial charge on any atom is -0.103 e. The van der Waals surface area contributed by atoms with Gasteiger partial charge in [-0.25, -0.2) is 0 Å². The van der Waals surface area contributed by atoms with Gasteiger partial charge in [0.25, 0.3) is 0 Å². The average Bonchev–Trinajstić information content (AvgIpc) is 1.96. The van der Waals surface area contributed by atoms with Gasteiger partial charge in [0.2, 0.25) is 0 Å². The third kappa shape index (κ3) is 4.95. The van der Waals surface area contributed by atoms with E-state index in [0.29, 0.717) is 5.92 Å². The third-order valence-electron chi connectivity index (χ3n) is 1.96. The van der Waals surface area contributed by atoms with Gasteiger partial charge in [0, 0.05) is 0 Å². The zero-order valence-electron chi connectivity index (χ0n) is 8.56. The standard InChI is InChI=1S/C12H20/c1-6-7-12(11(4)5)9-8-10(2)3/h6,8,12H,1,4,7,9H2,2-3,5H3. The Morgan fingerprint density at radius 2 is 1.83 bits per heavy atom. The lowest BCUT2D eigenvalue weighted by Crippen LogP contribution is -1.98. The largest absolute Gasteiger partial charge is 0.103 e. The number of hydrogen-bond acceptors (Lipinski definition) is 0. The molecule has 68 valence electrons. The van der Waals surface area contributed by atoms with Crippen molar-refractivity contribution in [1.29, 1.82) is 0 Å². The third-order valence-corrected chi connectivity index (χ3v) is 1.96. The van der Waals surface area contributed by atoms with E-state index in [-0.39, 0.29) is 0 Å². The van der Waals surface area contributed by atoms with E-state index in [4.69, 9.17) is 0 Å². The summed E-state index contributed by atoms with van der Waals surface area (Å²) < 4.78 is 0. The summed E-state index contributed by atoms with van der Waals surface area (Å²) in [5.41, 5.74) is 2.64. The van der Waals surface area contributed by atoms with Crippen LogP contribution in [0.15, 0.2) is 36.5 Å². The van der Waals surface area contributed by atoms with E-state index in [1.165, 1.54) is 11.1 Å². The molecule has 0 aliphatic rings. The fourth-order valence-electron chi connectivity index (χ4n) is 1.08. The summed E-state index contributed by atoms with van der Waals surface area (Å²) in [7, 11) is 0. The van der Waals surface area contributed by atoms with Crippen molar-refractivity contribution in [3.63, 3.8) is 0 Å². The summed E-state index contributed by atoms with van der Waals surface area (Å²) in [6.45, 7) is 14.1. The fraction of sp³-hybridized carbons (Fsp3) is 0.500. The van der Waals surface area contributed by atoms with Crippen molar-refractivity contribution in [2.75, 3.05) is 0 Å². The molecule has 0 amide bonds. The van der Waals surface area contributed by atoms with E-state index in [0.717, 1.165) is 12.8 Å². The van der Waals surface area contributed by atoms with Gasteiger partial charge >= 0.3 is 0 Å². The van der Waals surface area contributed by atoms with E-state index >= 15 is 0 Å². The molecule has 1 atom stereocenters. The van der Waals surface area contributed by atoms with E-state index in [2.05, 4.69) is 40.0 Å². The van der Waals surface area contributed by atoms with Crippen molar-refractivity contribution in [1.82, 2.24) is 0 Å². The van der Waals surface area contributed by atoms with E-state index in [9.17, 15) is 0 Å². The minimum atomic E-state index is 0.581. The van der Waals surface area contributed by atoms with Crippen LogP contribution in [0.3, 0.4) is 0 Å². The summed E-state index contributed by atoms with van der Waals surface area (Å²) in [4.78, 5) is 0. The fourth-order valence-corrected chi connectivity index (χ4v) is 1.08. The van der Waals surface area contributed by atoms with E-state index < -0.39 is 0 Å². The van der Waals surface area contributed by atoms with Gasteiger partial charge in [-0.2, -0.15) is 0 Å². The van der Waals surface area contributed by atoms with Gasteiger partial charge in [-0.3, -0.25) is 0 Å². The lowest BCUT2D eigenvalue weighted by atomic mass is 9.94. The summed E-state index contributed by atoms with van der Waals surface area (Å²) in [5.74, 6) is 0.581. The Bertz CT molecular complexity index is 180. The first-order chi connectivity index (χ1) is 5.57. The van der Waals surface area contributed by atoms with Gasteiger partial charge < -0.3 is 0 Å². The molecule has 1 unspecified atom stereocenters. The maximum Gasteiger partial charge on any atom is -0.0140 e. The van der Waals surface area contributed by atoms with Crippen LogP contribution in [0.2, 0.25) is 0 Å². The van der Waals surface area contributed by atoms with Crippen LogP contribution in [0.1, 0.15) is 33.6 Å². The normalized spacial score (nSPS) is 11.9. The highest BCUT2D eigenvalue weighted by molar-refractivity contribution is 5.04. The number of allylic oxidation sites excluding steroid dienone is 4. The first-order valence-corrected chi connectivity index (χ1v) is 4.47. The van der Waals surface area contributed by atoms with Crippen LogP contribution in [0.25, 0.3) is 0 Å². The predicted molar refractivity (Wildman–Crippen MR) is 57.2 cm³/mol. The molecule has 0 spiro atoms. The van der Waals surface area contributed by atoms with Crippen molar-refractivity contribution in [2.24, 2.45) is 5.92 Å². The maximum atomic E-state index is 3.97. The van der Waals surface area contributed by atoms with Gasteiger partial charge in [0.15, 0.2) is 0 Å². The molecular weight excluding hydrogens is 144 g/mol. The second-order valence-corrected chi connectivity index (χ2v) is 3.58. The Hall–Kier alpha value is -0.780. The van der Waals surface area contributed by atoms with Gasteiger partial charge in [0.05, 0.1) is 0 Å².